The lowest BCUT2D eigenvalue weighted by molar-refractivity contribution is -0.113. The van der Waals surface area contributed by atoms with E-state index in [1.54, 1.807) is 28.9 Å². The van der Waals surface area contributed by atoms with Crippen LogP contribution in [0.2, 0.25) is 0 Å². The number of aromatic hydroxyl groups is 1. The molecule has 0 radical (unpaired) electrons. The molecule has 1 aliphatic heterocycles. The highest BCUT2D eigenvalue weighted by Gasteiger charge is 2.34. The summed E-state index contributed by atoms with van der Waals surface area (Å²) < 4.78 is 1.66. The number of hydrogen-bond acceptors (Lipinski definition) is 7. The van der Waals surface area contributed by atoms with Crippen LogP contribution in [0, 0.1) is 20.8 Å². The monoisotopic (exact) mass is 539 g/mol. The van der Waals surface area contributed by atoms with Gasteiger partial charge in [-0.05, 0) is 57.0 Å². The Hall–Kier alpha value is -4.37. The second-order valence-corrected chi connectivity index (χ2v) is 10.6. The Morgan fingerprint density at radius 1 is 0.974 bits per heavy atom. The van der Waals surface area contributed by atoms with Gasteiger partial charge in [0.25, 0.3) is 5.91 Å². The average Bonchev–Trinajstić information content (AvgIpc) is 3.31. The number of anilines is 2. The molecule has 0 aliphatic carbocycles. The molecule has 2 heterocycles. The molecule has 0 unspecified atom stereocenters. The van der Waals surface area contributed by atoms with Gasteiger partial charge in [-0.1, -0.05) is 71.4 Å². The van der Waals surface area contributed by atoms with Crippen molar-refractivity contribution in [3.05, 3.63) is 106 Å². The topological polar surface area (TPSA) is 109 Å². The van der Waals surface area contributed by atoms with E-state index in [4.69, 9.17) is 5.10 Å². The first-order valence-corrected chi connectivity index (χ1v) is 13.5. The summed E-state index contributed by atoms with van der Waals surface area (Å²) in [5.41, 5.74) is 6.41. The van der Waals surface area contributed by atoms with Crippen molar-refractivity contribution in [3.63, 3.8) is 0 Å². The maximum atomic E-state index is 13.7. The molecule has 1 amide bonds. The predicted octanol–water partition coefficient (Wildman–Crippen LogP) is 5.81. The molecule has 1 aliphatic rings. The van der Waals surface area contributed by atoms with Crippen molar-refractivity contribution in [3.8, 4) is 5.75 Å². The fourth-order valence-electron chi connectivity index (χ4n) is 4.55. The van der Waals surface area contributed by atoms with Gasteiger partial charge in [0.15, 0.2) is 5.78 Å². The lowest BCUT2D eigenvalue weighted by atomic mass is 9.95. The van der Waals surface area contributed by atoms with E-state index in [2.05, 4.69) is 15.6 Å². The largest absolute Gasteiger partial charge is 0.508 e. The number of rotatable bonds is 7. The zero-order valence-corrected chi connectivity index (χ0v) is 23.0. The fraction of sp³-hybridized carbons (Fsp3) is 0.200. The smallest absolute Gasteiger partial charge is 0.255 e. The van der Waals surface area contributed by atoms with E-state index in [0.717, 1.165) is 27.9 Å². The van der Waals surface area contributed by atoms with Gasteiger partial charge >= 0.3 is 0 Å². The number of allylic oxidation sites excluding steroid dienone is 1. The number of fused-ring (bicyclic) bond motifs is 1. The number of benzene rings is 3. The van der Waals surface area contributed by atoms with E-state index in [0.29, 0.717) is 27.9 Å². The predicted molar refractivity (Wildman–Crippen MR) is 153 cm³/mol. The number of carbonyl (C=O) groups is 2. The number of thioether (sulfide) groups is 1. The third-order valence-electron chi connectivity index (χ3n) is 6.62. The second kappa shape index (κ2) is 10.8. The van der Waals surface area contributed by atoms with Crippen LogP contribution in [-0.4, -0.2) is 37.3 Å². The van der Waals surface area contributed by atoms with Crippen molar-refractivity contribution < 1.29 is 14.7 Å². The summed E-state index contributed by atoms with van der Waals surface area (Å²) in [6.07, 6.45) is 0. The Labute approximate surface area is 231 Å². The molecule has 9 heteroatoms. The maximum absolute atomic E-state index is 13.7. The standard InChI is InChI=1S/C30H29N5O3S/c1-17-5-8-21(9-6-17)25(37)16-39-30-33-29-31-20(4)26(28(38)32-24-14-7-18(2)15-19(24)3)27(35(29)34-30)22-10-12-23(36)13-11-22/h5-15,27,36H,16H2,1-4H3,(H,32,38)(H,31,33,34)/t27-/m1/s1. The number of nitrogens with one attached hydrogen (secondary N) is 2. The number of phenolic OH excluding ortho intramolecular Hbond substituents is 1. The van der Waals surface area contributed by atoms with Crippen molar-refractivity contribution >= 4 is 35.1 Å². The molecule has 0 saturated heterocycles. The summed E-state index contributed by atoms with van der Waals surface area (Å²) >= 11 is 1.25. The van der Waals surface area contributed by atoms with Crippen molar-refractivity contribution in [2.75, 3.05) is 16.4 Å². The number of Topliss-reactive ketones (excluding diaryl/α,β-unsaturated/α-hetero) is 1. The summed E-state index contributed by atoms with van der Waals surface area (Å²) in [4.78, 5) is 31.0. The number of aromatic nitrogens is 3. The number of aryl methyl sites for hydroxylation is 3. The Kier molecular flexibility index (Phi) is 7.26. The zero-order chi connectivity index (χ0) is 27.7. The van der Waals surface area contributed by atoms with E-state index < -0.39 is 6.04 Å². The van der Waals surface area contributed by atoms with E-state index in [9.17, 15) is 14.7 Å². The molecular formula is C30H29N5O3S. The molecule has 4 aromatic rings. The van der Waals surface area contributed by atoms with Gasteiger partial charge in [0.2, 0.25) is 11.1 Å². The van der Waals surface area contributed by atoms with Crippen LogP contribution in [0.5, 0.6) is 5.75 Å². The first-order chi connectivity index (χ1) is 18.7. The molecule has 8 nitrogen and oxygen atoms in total. The summed E-state index contributed by atoms with van der Waals surface area (Å²) in [5, 5.41) is 21.3. The van der Waals surface area contributed by atoms with Gasteiger partial charge in [0.1, 0.15) is 11.8 Å². The highest BCUT2D eigenvalue weighted by Crippen LogP contribution is 2.37. The Balaban J connectivity index is 1.45. The maximum Gasteiger partial charge on any atom is 0.255 e. The molecule has 0 saturated carbocycles. The SMILES string of the molecule is CC1=C(C(=O)Nc2ccc(C)cc2C)[C@@H](c2ccc(O)cc2)n2nc(SCC(=O)c3ccc(C)cc3)nc2N1. The zero-order valence-electron chi connectivity index (χ0n) is 22.1. The first-order valence-electron chi connectivity index (χ1n) is 12.5. The highest BCUT2D eigenvalue weighted by atomic mass is 32.2. The lowest BCUT2D eigenvalue weighted by Crippen LogP contribution is -2.31. The van der Waals surface area contributed by atoms with Crippen molar-refractivity contribution in [2.24, 2.45) is 0 Å². The van der Waals surface area contributed by atoms with Gasteiger partial charge in [0.05, 0.1) is 11.3 Å². The van der Waals surface area contributed by atoms with E-state index in [1.807, 2.05) is 70.2 Å². The van der Waals surface area contributed by atoms with E-state index in [1.165, 1.54) is 11.8 Å². The molecule has 1 atom stereocenters. The number of nitrogens with zero attached hydrogens (tertiary/aromatic N) is 3. The van der Waals surface area contributed by atoms with Gasteiger partial charge < -0.3 is 15.7 Å². The minimum atomic E-state index is -0.595. The van der Waals surface area contributed by atoms with Gasteiger partial charge in [-0.3, -0.25) is 9.59 Å². The number of phenols is 1. The van der Waals surface area contributed by atoms with Crippen molar-refractivity contribution in [1.82, 2.24) is 14.8 Å². The molecule has 0 bridgehead atoms. The summed E-state index contributed by atoms with van der Waals surface area (Å²) in [5.74, 6) is 0.495. The minimum Gasteiger partial charge on any atom is -0.508 e. The first kappa shape index (κ1) is 26.2. The molecule has 39 heavy (non-hydrogen) atoms. The number of ketones is 1. The molecule has 1 aromatic heterocycles. The number of amides is 1. The molecule has 0 fully saturated rings. The summed E-state index contributed by atoms with van der Waals surface area (Å²) in [6.45, 7) is 7.77. The Morgan fingerprint density at radius 3 is 2.36 bits per heavy atom. The number of hydrogen-bond donors (Lipinski definition) is 3. The second-order valence-electron chi connectivity index (χ2n) is 9.67. The third kappa shape index (κ3) is 5.58. The van der Waals surface area contributed by atoms with Crippen molar-refractivity contribution in [2.45, 2.75) is 38.9 Å². The van der Waals surface area contributed by atoms with Crippen LogP contribution >= 0.6 is 11.8 Å². The van der Waals surface area contributed by atoms with Gasteiger partial charge in [-0.25, -0.2) is 4.68 Å². The van der Waals surface area contributed by atoms with Gasteiger partial charge in [-0.15, -0.1) is 5.10 Å². The third-order valence-corrected chi connectivity index (χ3v) is 7.46. The molecule has 0 spiro atoms. The van der Waals surface area contributed by atoms with Crippen LogP contribution in [0.25, 0.3) is 0 Å². The van der Waals surface area contributed by atoms with Crippen LogP contribution in [0.4, 0.5) is 11.6 Å². The van der Waals surface area contributed by atoms with Gasteiger partial charge in [0, 0.05) is 16.9 Å². The van der Waals surface area contributed by atoms with Crippen LogP contribution in [0.15, 0.2) is 83.2 Å². The summed E-state index contributed by atoms with van der Waals surface area (Å²) in [6, 6.07) is 19.4. The van der Waals surface area contributed by atoms with Crippen LogP contribution in [-0.2, 0) is 4.79 Å². The molecule has 198 valence electrons. The van der Waals surface area contributed by atoms with Crippen LogP contribution < -0.4 is 10.6 Å². The minimum absolute atomic E-state index is 0.0151. The molecular weight excluding hydrogens is 510 g/mol. The van der Waals surface area contributed by atoms with Crippen molar-refractivity contribution in [1.29, 1.82) is 0 Å². The van der Waals surface area contributed by atoms with E-state index in [-0.39, 0.29) is 23.2 Å². The van der Waals surface area contributed by atoms with E-state index >= 15 is 0 Å². The normalized spacial score (nSPS) is 14.5. The Bertz CT molecular complexity index is 1590. The lowest BCUT2D eigenvalue weighted by Gasteiger charge is -2.28. The molecule has 3 aromatic carbocycles. The van der Waals surface area contributed by atoms with Crippen LogP contribution in [0.3, 0.4) is 0 Å². The Morgan fingerprint density at radius 2 is 1.67 bits per heavy atom. The van der Waals surface area contributed by atoms with Gasteiger partial charge in [-0.2, -0.15) is 4.98 Å². The average molecular weight is 540 g/mol. The number of carbonyl (C=O) groups excluding carboxylic acids is 2. The fourth-order valence-corrected chi connectivity index (χ4v) is 5.27. The quantitative estimate of drug-likeness (QED) is 0.201. The van der Waals surface area contributed by atoms with Crippen LogP contribution in [0.1, 0.15) is 45.6 Å². The molecule has 5 rings (SSSR count). The highest BCUT2D eigenvalue weighted by molar-refractivity contribution is 7.99. The summed E-state index contributed by atoms with van der Waals surface area (Å²) in [7, 11) is 0. The molecule has 3 N–H and O–H groups in total.